The molecule has 0 radical (unpaired) electrons. The molecule has 1 heterocycles. The van der Waals surface area contributed by atoms with Gasteiger partial charge in [0, 0.05) is 24.4 Å². The standard InChI is InChI=1S/C18H24N6O2/c1-21-9-13(25)10-26-14-4-2-3-11(7-14)17-23-16(20)15(8-19)18(24-17)22-12-5-6-12/h2-4,7-8,12-13,19,21,25H,5-6,9-10H2,1H3,(H3,20,22,23,24). The molecular weight excluding hydrogens is 332 g/mol. The molecule has 2 aromatic rings. The molecule has 26 heavy (non-hydrogen) atoms. The Bertz CT molecular complexity index is 778. The summed E-state index contributed by atoms with van der Waals surface area (Å²) in [6, 6.07) is 7.73. The van der Waals surface area contributed by atoms with E-state index in [1.54, 1.807) is 7.05 Å². The topological polar surface area (TPSA) is 129 Å². The van der Waals surface area contributed by atoms with Crippen molar-refractivity contribution in [3.8, 4) is 17.1 Å². The number of nitrogens with two attached hydrogens (primary N) is 1. The number of aromatic nitrogens is 2. The largest absolute Gasteiger partial charge is 0.491 e. The van der Waals surface area contributed by atoms with Gasteiger partial charge in [-0.25, -0.2) is 9.97 Å². The van der Waals surface area contributed by atoms with E-state index in [2.05, 4.69) is 20.6 Å². The fraction of sp³-hybridized carbons (Fsp3) is 0.389. The van der Waals surface area contributed by atoms with Crippen LogP contribution in [0.15, 0.2) is 24.3 Å². The Kier molecular flexibility index (Phi) is 5.65. The van der Waals surface area contributed by atoms with Gasteiger partial charge in [0.1, 0.15) is 30.1 Å². The first-order chi connectivity index (χ1) is 12.6. The molecule has 1 aliphatic rings. The maximum absolute atomic E-state index is 9.76. The third-order valence-electron chi connectivity index (χ3n) is 4.01. The van der Waals surface area contributed by atoms with E-state index in [9.17, 15) is 5.11 Å². The van der Waals surface area contributed by atoms with Gasteiger partial charge in [0.25, 0.3) is 0 Å². The summed E-state index contributed by atoms with van der Waals surface area (Å²) in [5.41, 5.74) is 7.28. The van der Waals surface area contributed by atoms with Gasteiger partial charge in [0.05, 0.1) is 5.56 Å². The van der Waals surface area contributed by atoms with Crippen molar-refractivity contribution in [2.75, 3.05) is 31.2 Å². The molecule has 1 aromatic heterocycles. The molecule has 3 rings (SSSR count). The number of rotatable bonds is 9. The highest BCUT2D eigenvalue weighted by atomic mass is 16.5. The molecular formula is C18H24N6O2. The minimum Gasteiger partial charge on any atom is -0.491 e. The van der Waals surface area contributed by atoms with E-state index in [4.69, 9.17) is 15.9 Å². The highest BCUT2D eigenvalue weighted by Crippen LogP contribution is 2.29. The van der Waals surface area contributed by atoms with Crippen LogP contribution in [0.4, 0.5) is 11.6 Å². The second kappa shape index (κ2) is 8.11. The summed E-state index contributed by atoms with van der Waals surface area (Å²) in [7, 11) is 1.77. The van der Waals surface area contributed by atoms with Gasteiger partial charge < -0.3 is 31.6 Å². The van der Waals surface area contributed by atoms with E-state index in [-0.39, 0.29) is 12.4 Å². The van der Waals surface area contributed by atoms with Gasteiger partial charge in [-0.05, 0) is 32.0 Å². The summed E-state index contributed by atoms with van der Waals surface area (Å²) < 4.78 is 5.63. The Morgan fingerprint density at radius 1 is 1.42 bits per heavy atom. The smallest absolute Gasteiger partial charge is 0.164 e. The number of anilines is 2. The summed E-state index contributed by atoms with van der Waals surface area (Å²) >= 11 is 0. The molecule has 1 aromatic carbocycles. The predicted octanol–water partition coefficient (Wildman–Crippen LogP) is 1.26. The Morgan fingerprint density at radius 2 is 2.23 bits per heavy atom. The molecule has 1 fully saturated rings. The molecule has 8 nitrogen and oxygen atoms in total. The average Bonchev–Trinajstić information content (AvgIpc) is 3.44. The van der Waals surface area contributed by atoms with Crippen molar-refractivity contribution < 1.29 is 9.84 Å². The quantitative estimate of drug-likeness (QED) is 0.428. The van der Waals surface area contributed by atoms with E-state index in [1.807, 2.05) is 24.3 Å². The molecule has 1 saturated carbocycles. The first kappa shape index (κ1) is 18.1. The van der Waals surface area contributed by atoms with Gasteiger partial charge >= 0.3 is 0 Å². The minimum absolute atomic E-state index is 0.189. The van der Waals surface area contributed by atoms with Gasteiger partial charge in [-0.1, -0.05) is 12.1 Å². The fourth-order valence-corrected chi connectivity index (χ4v) is 2.50. The summed E-state index contributed by atoms with van der Waals surface area (Å²) in [5, 5.41) is 23.5. The van der Waals surface area contributed by atoms with E-state index >= 15 is 0 Å². The van der Waals surface area contributed by atoms with Crippen LogP contribution in [-0.2, 0) is 0 Å². The third-order valence-corrected chi connectivity index (χ3v) is 4.01. The number of benzene rings is 1. The van der Waals surface area contributed by atoms with Crippen molar-refractivity contribution >= 4 is 17.9 Å². The molecule has 6 N–H and O–H groups in total. The van der Waals surface area contributed by atoms with Crippen LogP contribution in [0.5, 0.6) is 5.75 Å². The minimum atomic E-state index is -0.586. The van der Waals surface area contributed by atoms with Gasteiger partial charge in [0.2, 0.25) is 0 Å². The first-order valence-electron chi connectivity index (χ1n) is 8.61. The van der Waals surface area contributed by atoms with Crippen LogP contribution in [0.2, 0.25) is 0 Å². The van der Waals surface area contributed by atoms with Crippen molar-refractivity contribution in [2.45, 2.75) is 25.0 Å². The van der Waals surface area contributed by atoms with E-state index < -0.39 is 6.10 Å². The number of likely N-dealkylation sites (N-methyl/N-ethyl adjacent to an activating group) is 1. The fourth-order valence-electron chi connectivity index (χ4n) is 2.50. The second-order valence-electron chi connectivity index (χ2n) is 6.31. The molecule has 0 amide bonds. The lowest BCUT2D eigenvalue weighted by molar-refractivity contribution is 0.108. The Labute approximate surface area is 152 Å². The number of ether oxygens (including phenoxy) is 1. The highest BCUT2D eigenvalue weighted by Gasteiger charge is 2.24. The normalized spacial score (nSPS) is 14.7. The molecule has 1 aliphatic carbocycles. The van der Waals surface area contributed by atoms with Crippen molar-refractivity contribution in [3.63, 3.8) is 0 Å². The van der Waals surface area contributed by atoms with Crippen molar-refractivity contribution in [2.24, 2.45) is 0 Å². The van der Waals surface area contributed by atoms with Gasteiger partial charge in [-0.15, -0.1) is 0 Å². The summed E-state index contributed by atoms with van der Waals surface area (Å²) in [5.74, 6) is 1.94. The van der Waals surface area contributed by atoms with Crippen molar-refractivity contribution in [1.82, 2.24) is 15.3 Å². The van der Waals surface area contributed by atoms with Crippen LogP contribution in [-0.4, -0.2) is 53.6 Å². The number of hydrogen-bond acceptors (Lipinski definition) is 8. The molecule has 0 spiro atoms. The zero-order chi connectivity index (χ0) is 18.5. The molecule has 0 saturated heterocycles. The molecule has 0 aliphatic heterocycles. The Morgan fingerprint density at radius 3 is 2.92 bits per heavy atom. The lowest BCUT2D eigenvalue weighted by Gasteiger charge is -2.14. The lowest BCUT2D eigenvalue weighted by atomic mass is 10.2. The lowest BCUT2D eigenvalue weighted by Crippen LogP contribution is -2.29. The monoisotopic (exact) mass is 356 g/mol. The Hall–Kier alpha value is -2.71. The number of nitrogen functional groups attached to an aromatic ring is 1. The zero-order valence-electron chi connectivity index (χ0n) is 14.7. The second-order valence-corrected chi connectivity index (χ2v) is 6.31. The van der Waals surface area contributed by atoms with E-state index in [0.717, 1.165) is 18.4 Å². The van der Waals surface area contributed by atoms with Gasteiger partial charge in [0.15, 0.2) is 5.82 Å². The van der Waals surface area contributed by atoms with Crippen LogP contribution >= 0.6 is 0 Å². The number of nitrogens with one attached hydrogen (secondary N) is 3. The third kappa shape index (κ3) is 4.47. The summed E-state index contributed by atoms with van der Waals surface area (Å²) in [6.07, 6.45) is 2.77. The van der Waals surface area contributed by atoms with E-state index in [1.165, 1.54) is 6.21 Å². The SMILES string of the molecule is CNCC(O)COc1cccc(-c2nc(N)c(C=N)c(NC3CC3)n2)c1. The van der Waals surface area contributed by atoms with Crippen molar-refractivity contribution in [1.29, 1.82) is 5.41 Å². The Balaban J connectivity index is 1.82. The van der Waals surface area contributed by atoms with Crippen LogP contribution in [0.1, 0.15) is 18.4 Å². The number of aliphatic hydroxyl groups is 1. The van der Waals surface area contributed by atoms with Crippen LogP contribution in [0, 0.1) is 5.41 Å². The number of hydrogen-bond donors (Lipinski definition) is 5. The first-order valence-corrected chi connectivity index (χ1v) is 8.61. The zero-order valence-corrected chi connectivity index (χ0v) is 14.7. The van der Waals surface area contributed by atoms with Crippen LogP contribution in [0.25, 0.3) is 11.4 Å². The van der Waals surface area contributed by atoms with Crippen LogP contribution in [0.3, 0.4) is 0 Å². The molecule has 0 bridgehead atoms. The van der Waals surface area contributed by atoms with Crippen LogP contribution < -0.4 is 21.1 Å². The number of nitrogens with zero attached hydrogens (tertiary/aromatic N) is 2. The highest BCUT2D eigenvalue weighted by molar-refractivity contribution is 5.91. The predicted molar refractivity (Wildman–Crippen MR) is 102 cm³/mol. The van der Waals surface area contributed by atoms with Crippen molar-refractivity contribution in [3.05, 3.63) is 29.8 Å². The molecule has 138 valence electrons. The molecule has 8 heteroatoms. The van der Waals surface area contributed by atoms with E-state index in [0.29, 0.717) is 35.5 Å². The average molecular weight is 356 g/mol. The summed E-state index contributed by atoms with van der Waals surface area (Å²) in [4.78, 5) is 8.88. The number of aliphatic hydroxyl groups excluding tert-OH is 1. The van der Waals surface area contributed by atoms with Gasteiger partial charge in [-0.2, -0.15) is 0 Å². The molecule has 1 atom stereocenters. The molecule has 1 unspecified atom stereocenters. The maximum atomic E-state index is 9.76. The summed E-state index contributed by atoms with van der Waals surface area (Å²) in [6.45, 7) is 0.648. The van der Waals surface area contributed by atoms with Gasteiger partial charge in [-0.3, -0.25) is 0 Å². The maximum Gasteiger partial charge on any atom is 0.164 e.